The summed E-state index contributed by atoms with van der Waals surface area (Å²) in [4.78, 5) is 4.39. The molecule has 0 bridgehead atoms. The van der Waals surface area contributed by atoms with Crippen LogP contribution < -0.4 is 0 Å². The summed E-state index contributed by atoms with van der Waals surface area (Å²) in [5.74, 6) is 0. The smallest absolute Gasteiger partial charge is 0.177 e. The molecule has 2 rings (SSSR count). The predicted molar refractivity (Wildman–Crippen MR) is 62.8 cm³/mol. The Balaban J connectivity index is 2.28. The molecule has 0 aromatic carbocycles. The third-order valence-electron chi connectivity index (χ3n) is 1.70. The molecular formula is C9H8ClN3S2. The SMILES string of the molecule is Cc1cc(C)nc(Sc2nsnc2Cl)c1. The van der Waals surface area contributed by atoms with Gasteiger partial charge >= 0.3 is 0 Å². The quantitative estimate of drug-likeness (QED) is 0.827. The van der Waals surface area contributed by atoms with E-state index in [-0.39, 0.29) is 0 Å². The number of aryl methyl sites for hydroxylation is 2. The molecule has 6 heteroatoms. The minimum absolute atomic E-state index is 0.450. The van der Waals surface area contributed by atoms with Gasteiger partial charge in [-0.15, -0.1) is 0 Å². The zero-order valence-corrected chi connectivity index (χ0v) is 10.6. The first-order chi connectivity index (χ1) is 7.15. The van der Waals surface area contributed by atoms with Crippen LogP contribution in [0.15, 0.2) is 22.2 Å². The van der Waals surface area contributed by atoms with E-state index < -0.39 is 0 Å². The van der Waals surface area contributed by atoms with Crippen LogP contribution in [0.3, 0.4) is 0 Å². The van der Waals surface area contributed by atoms with Gasteiger partial charge in [-0.1, -0.05) is 11.6 Å². The van der Waals surface area contributed by atoms with Gasteiger partial charge in [0.15, 0.2) is 10.2 Å². The molecule has 0 aliphatic carbocycles. The lowest BCUT2D eigenvalue weighted by atomic mass is 10.3. The van der Waals surface area contributed by atoms with E-state index >= 15 is 0 Å². The van der Waals surface area contributed by atoms with Gasteiger partial charge in [-0.3, -0.25) is 0 Å². The standard InChI is InChI=1S/C9H8ClN3S2/c1-5-3-6(2)11-7(4-5)14-9-8(10)12-15-13-9/h3-4H,1-2H3. The molecule has 0 atom stereocenters. The molecule has 0 aliphatic heterocycles. The van der Waals surface area contributed by atoms with Crippen molar-refractivity contribution in [3.8, 4) is 0 Å². The summed E-state index contributed by atoms with van der Waals surface area (Å²) in [6.07, 6.45) is 0. The highest BCUT2D eigenvalue weighted by molar-refractivity contribution is 7.99. The van der Waals surface area contributed by atoms with Crippen LogP contribution in [-0.4, -0.2) is 13.7 Å². The fourth-order valence-corrected chi connectivity index (χ4v) is 2.92. The fourth-order valence-electron chi connectivity index (χ4n) is 1.19. The summed E-state index contributed by atoms with van der Waals surface area (Å²) in [6.45, 7) is 4.01. The van der Waals surface area contributed by atoms with Gasteiger partial charge in [0.2, 0.25) is 0 Å². The monoisotopic (exact) mass is 257 g/mol. The van der Waals surface area contributed by atoms with Crippen molar-refractivity contribution < 1.29 is 0 Å². The molecule has 78 valence electrons. The van der Waals surface area contributed by atoms with Crippen LogP contribution in [0, 0.1) is 13.8 Å². The second-order valence-electron chi connectivity index (χ2n) is 3.09. The van der Waals surface area contributed by atoms with Gasteiger partial charge in [-0.2, -0.15) is 8.75 Å². The summed E-state index contributed by atoms with van der Waals surface area (Å²) in [6, 6.07) is 4.04. The minimum Gasteiger partial charge on any atom is -0.246 e. The largest absolute Gasteiger partial charge is 0.246 e. The first-order valence-electron chi connectivity index (χ1n) is 4.26. The van der Waals surface area contributed by atoms with Crippen molar-refractivity contribution in [3.63, 3.8) is 0 Å². The van der Waals surface area contributed by atoms with Crippen LogP contribution >= 0.6 is 35.1 Å². The number of hydrogen-bond donors (Lipinski definition) is 0. The summed E-state index contributed by atoms with van der Waals surface area (Å²) < 4.78 is 8.00. The maximum absolute atomic E-state index is 5.86. The van der Waals surface area contributed by atoms with Crippen LogP contribution in [0.5, 0.6) is 0 Å². The van der Waals surface area contributed by atoms with Gasteiger partial charge in [-0.05, 0) is 43.3 Å². The molecule has 0 fully saturated rings. The van der Waals surface area contributed by atoms with Crippen LogP contribution in [-0.2, 0) is 0 Å². The number of nitrogens with zero attached hydrogens (tertiary/aromatic N) is 3. The van der Waals surface area contributed by atoms with E-state index in [9.17, 15) is 0 Å². The van der Waals surface area contributed by atoms with E-state index in [0.717, 1.165) is 27.5 Å². The second-order valence-corrected chi connectivity index (χ2v) is 4.98. The molecule has 2 aromatic heterocycles. The minimum atomic E-state index is 0.450. The third kappa shape index (κ3) is 2.68. The maximum atomic E-state index is 5.86. The normalized spacial score (nSPS) is 10.6. The number of rotatable bonds is 2. The first kappa shape index (κ1) is 10.9. The molecule has 0 saturated heterocycles. The van der Waals surface area contributed by atoms with Crippen LogP contribution in [0.4, 0.5) is 0 Å². The van der Waals surface area contributed by atoms with Gasteiger partial charge in [0.1, 0.15) is 5.03 Å². The van der Waals surface area contributed by atoms with Gasteiger partial charge in [0, 0.05) is 5.69 Å². The topological polar surface area (TPSA) is 38.7 Å². The van der Waals surface area contributed by atoms with E-state index in [1.807, 2.05) is 26.0 Å². The number of pyridine rings is 1. The molecule has 2 aromatic rings. The molecule has 2 heterocycles. The molecule has 0 amide bonds. The molecule has 0 spiro atoms. The lowest BCUT2D eigenvalue weighted by molar-refractivity contribution is 1.04. The Bertz CT molecular complexity index is 464. The Hall–Kier alpha value is -0.650. The van der Waals surface area contributed by atoms with Crippen molar-refractivity contribution in [2.45, 2.75) is 23.9 Å². The van der Waals surface area contributed by atoms with E-state index in [1.54, 1.807) is 0 Å². The number of halogens is 1. The second kappa shape index (κ2) is 4.47. The van der Waals surface area contributed by atoms with Gasteiger partial charge in [0.05, 0.1) is 11.7 Å². The van der Waals surface area contributed by atoms with Crippen molar-refractivity contribution in [3.05, 3.63) is 28.5 Å². The number of aromatic nitrogens is 3. The predicted octanol–water partition coefficient (Wildman–Crippen LogP) is 3.35. The van der Waals surface area contributed by atoms with Gasteiger partial charge < -0.3 is 0 Å². The van der Waals surface area contributed by atoms with Crippen LogP contribution in [0.2, 0.25) is 5.15 Å². The Kier molecular flexibility index (Phi) is 3.23. The molecule has 15 heavy (non-hydrogen) atoms. The molecule has 3 nitrogen and oxygen atoms in total. The highest BCUT2D eigenvalue weighted by atomic mass is 35.5. The lowest BCUT2D eigenvalue weighted by Gasteiger charge is -2.01. The van der Waals surface area contributed by atoms with Crippen LogP contribution in [0.25, 0.3) is 0 Å². The molecular weight excluding hydrogens is 250 g/mol. The van der Waals surface area contributed by atoms with Crippen LogP contribution in [0.1, 0.15) is 11.3 Å². The average Bonchev–Trinajstić information content (AvgIpc) is 2.50. The summed E-state index contributed by atoms with van der Waals surface area (Å²) in [5, 5.41) is 2.08. The van der Waals surface area contributed by atoms with E-state index in [0.29, 0.717) is 5.15 Å². The number of hydrogen-bond acceptors (Lipinski definition) is 5. The third-order valence-corrected chi connectivity index (χ3v) is 3.71. The summed E-state index contributed by atoms with van der Waals surface area (Å²) in [7, 11) is 0. The maximum Gasteiger partial charge on any atom is 0.177 e. The highest BCUT2D eigenvalue weighted by Gasteiger charge is 2.08. The van der Waals surface area contributed by atoms with Crippen molar-refractivity contribution in [1.82, 2.24) is 13.7 Å². The Morgan fingerprint density at radius 3 is 2.67 bits per heavy atom. The summed E-state index contributed by atoms with van der Waals surface area (Å²) >= 11 is 8.41. The van der Waals surface area contributed by atoms with Gasteiger partial charge in [0.25, 0.3) is 0 Å². The van der Waals surface area contributed by atoms with Gasteiger partial charge in [-0.25, -0.2) is 4.98 Å². The van der Waals surface area contributed by atoms with Crippen molar-refractivity contribution in [2.24, 2.45) is 0 Å². The molecule has 0 aliphatic rings. The average molecular weight is 258 g/mol. The Morgan fingerprint density at radius 2 is 2.07 bits per heavy atom. The summed E-state index contributed by atoms with van der Waals surface area (Å²) in [5.41, 5.74) is 2.18. The zero-order valence-electron chi connectivity index (χ0n) is 8.19. The highest BCUT2D eigenvalue weighted by Crippen LogP contribution is 2.30. The van der Waals surface area contributed by atoms with E-state index in [2.05, 4.69) is 13.7 Å². The van der Waals surface area contributed by atoms with E-state index in [4.69, 9.17) is 11.6 Å². The zero-order chi connectivity index (χ0) is 10.8. The Labute approximate surface area is 101 Å². The first-order valence-corrected chi connectivity index (χ1v) is 6.19. The van der Waals surface area contributed by atoms with Crippen molar-refractivity contribution in [2.75, 3.05) is 0 Å². The fraction of sp³-hybridized carbons (Fsp3) is 0.222. The molecule has 0 radical (unpaired) electrons. The molecule has 0 saturated carbocycles. The molecule has 0 N–H and O–H groups in total. The van der Waals surface area contributed by atoms with Crippen molar-refractivity contribution >= 4 is 35.1 Å². The van der Waals surface area contributed by atoms with E-state index in [1.165, 1.54) is 17.3 Å². The lowest BCUT2D eigenvalue weighted by Crippen LogP contribution is -1.86. The van der Waals surface area contributed by atoms with Crippen molar-refractivity contribution in [1.29, 1.82) is 0 Å². The molecule has 0 unspecified atom stereocenters. The Morgan fingerprint density at radius 1 is 1.27 bits per heavy atom.